The molecule has 0 aliphatic carbocycles. The lowest BCUT2D eigenvalue weighted by Crippen LogP contribution is -2.17. The number of nitrogens with one attached hydrogen (secondary N) is 1. The predicted molar refractivity (Wildman–Crippen MR) is 75.7 cm³/mol. The quantitative estimate of drug-likeness (QED) is 0.659. The molecule has 1 N–H and O–H groups in total. The number of ketones is 1. The van der Waals surface area contributed by atoms with Gasteiger partial charge in [-0.05, 0) is 13.8 Å². The predicted octanol–water partition coefficient (Wildman–Crippen LogP) is 2.48. The van der Waals surface area contributed by atoms with Crippen molar-refractivity contribution in [2.45, 2.75) is 13.8 Å². The minimum Gasteiger partial charge on any atom is -0.371 e. The van der Waals surface area contributed by atoms with Crippen LogP contribution in [0.25, 0.3) is 5.82 Å². The molecule has 0 saturated carbocycles. The van der Waals surface area contributed by atoms with Gasteiger partial charge in [0, 0.05) is 30.6 Å². The van der Waals surface area contributed by atoms with Crippen molar-refractivity contribution >= 4 is 11.6 Å². The van der Waals surface area contributed by atoms with Gasteiger partial charge in [0.25, 0.3) is 0 Å². The van der Waals surface area contributed by atoms with Crippen LogP contribution in [0, 0.1) is 6.92 Å². The third-order valence-corrected chi connectivity index (χ3v) is 2.74. The first kappa shape index (κ1) is 13.1. The highest BCUT2D eigenvalue weighted by Crippen LogP contribution is 2.08. The zero-order chi connectivity index (χ0) is 13.7. The van der Waals surface area contributed by atoms with E-state index in [2.05, 4.69) is 10.3 Å². The van der Waals surface area contributed by atoms with Crippen molar-refractivity contribution in [2.24, 2.45) is 0 Å². The number of aromatic nitrogens is 2. The molecule has 0 saturated heterocycles. The average Bonchev–Trinajstić information content (AvgIpc) is 2.92. The largest absolute Gasteiger partial charge is 0.371 e. The molecule has 0 aliphatic rings. The Hall–Kier alpha value is -2.36. The van der Waals surface area contributed by atoms with Crippen LogP contribution in [-0.2, 0) is 0 Å². The fraction of sp³-hybridized carbons (Fsp3) is 0.200. The molecule has 1 aromatic carbocycles. The first-order valence-electron chi connectivity index (χ1n) is 6.25. The zero-order valence-corrected chi connectivity index (χ0v) is 11.1. The van der Waals surface area contributed by atoms with Crippen molar-refractivity contribution in [3.63, 3.8) is 0 Å². The first-order chi connectivity index (χ1) is 9.20. The third-order valence-electron chi connectivity index (χ3n) is 2.74. The Labute approximate surface area is 112 Å². The lowest BCUT2D eigenvalue weighted by Gasteiger charge is -2.09. The third kappa shape index (κ3) is 3.31. The van der Waals surface area contributed by atoms with Crippen LogP contribution in [0.5, 0.6) is 0 Å². The summed E-state index contributed by atoms with van der Waals surface area (Å²) < 4.78 is 1.79. The number of nitrogens with zero attached hydrogens (tertiary/aromatic N) is 2. The Morgan fingerprint density at radius 1 is 1.37 bits per heavy atom. The normalized spacial score (nSPS) is 11.4. The topological polar surface area (TPSA) is 46.9 Å². The van der Waals surface area contributed by atoms with E-state index < -0.39 is 0 Å². The van der Waals surface area contributed by atoms with Gasteiger partial charge in [0.2, 0.25) is 0 Å². The Morgan fingerprint density at radius 2 is 2.11 bits per heavy atom. The van der Waals surface area contributed by atoms with Crippen LogP contribution in [0.1, 0.15) is 22.8 Å². The van der Waals surface area contributed by atoms with Crippen LogP contribution in [0.2, 0.25) is 0 Å². The molecule has 2 aromatic rings. The van der Waals surface area contributed by atoms with Gasteiger partial charge in [0.15, 0.2) is 5.78 Å². The van der Waals surface area contributed by atoms with Crippen LogP contribution in [-0.4, -0.2) is 21.9 Å². The number of allylic oxidation sites excluding steroid dienone is 1. The number of benzene rings is 1. The Balaban J connectivity index is 2.26. The highest BCUT2D eigenvalue weighted by molar-refractivity contribution is 6.07. The Morgan fingerprint density at radius 3 is 2.68 bits per heavy atom. The van der Waals surface area contributed by atoms with Gasteiger partial charge >= 0.3 is 0 Å². The van der Waals surface area contributed by atoms with Gasteiger partial charge in [-0.3, -0.25) is 9.36 Å². The zero-order valence-electron chi connectivity index (χ0n) is 11.1. The van der Waals surface area contributed by atoms with E-state index in [9.17, 15) is 4.79 Å². The SMILES string of the molecule is CCN/C(=C/C(=O)c1ccc(C)cc1)n1ccnc1. The van der Waals surface area contributed by atoms with Crippen molar-refractivity contribution in [1.29, 1.82) is 0 Å². The highest BCUT2D eigenvalue weighted by Gasteiger charge is 2.06. The van der Waals surface area contributed by atoms with Crippen molar-refractivity contribution in [1.82, 2.24) is 14.9 Å². The molecule has 2 rings (SSSR count). The van der Waals surface area contributed by atoms with Gasteiger partial charge in [-0.2, -0.15) is 0 Å². The molecule has 1 aromatic heterocycles. The van der Waals surface area contributed by atoms with Crippen molar-refractivity contribution in [3.05, 3.63) is 60.2 Å². The summed E-state index contributed by atoms with van der Waals surface area (Å²) >= 11 is 0. The molecule has 0 amide bonds. The maximum atomic E-state index is 12.2. The molecular formula is C15H17N3O. The molecular weight excluding hydrogens is 238 g/mol. The molecule has 0 fully saturated rings. The number of carbonyl (C=O) groups excluding carboxylic acids is 1. The van der Waals surface area contributed by atoms with Crippen LogP contribution >= 0.6 is 0 Å². The van der Waals surface area contributed by atoms with E-state index in [1.165, 1.54) is 0 Å². The molecule has 0 spiro atoms. The molecule has 0 bridgehead atoms. The van der Waals surface area contributed by atoms with Gasteiger partial charge in [0.05, 0.1) is 0 Å². The number of hydrogen-bond acceptors (Lipinski definition) is 3. The first-order valence-corrected chi connectivity index (χ1v) is 6.25. The molecule has 0 aliphatic heterocycles. The second-order valence-electron chi connectivity index (χ2n) is 4.26. The minimum absolute atomic E-state index is 0.0235. The van der Waals surface area contributed by atoms with E-state index in [0.717, 1.165) is 17.9 Å². The second kappa shape index (κ2) is 6.00. The number of imidazole rings is 1. The lowest BCUT2D eigenvalue weighted by atomic mass is 10.1. The fourth-order valence-corrected chi connectivity index (χ4v) is 1.72. The summed E-state index contributed by atoms with van der Waals surface area (Å²) in [6.07, 6.45) is 6.74. The summed E-state index contributed by atoms with van der Waals surface area (Å²) in [5.41, 5.74) is 1.82. The van der Waals surface area contributed by atoms with Crippen LogP contribution < -0.4 is 5.32 Å². The molecule has 4 nitrogen and oxygen atoms in total. The monoisotopic (exact) mass is 255 g/mol. The highest BCUT2D eigenvalue weighted by atomic mass is 16.1. The second-order valence-corrected chi connectivity index (χ2v) is 4.26. The Kier molecular flexibility index (Phi) is 4.13. The standard InChI is InChI=1S/C15H17N3O/c1-3-17-15(18-9-8-16-11-18)10-14(19)13-6-4-12(2)5-7-13/h4-11,17H,3H2,1-2H3/b15-10-. The number of hydrogen-bond donors (Lipinski definition) is 1. The number of rotatable bonds is 5. The molecule has 0 atom stereocenters. The molecule has 19 heavy (non-hydrogen) atoms. The van der Waals surface area contributed by atoms with Crippen molar-refractivity contribution < 1.29 is 4.79 Å². The summed E-state index contributed by atoms with van der Waals surface area (Å²) in [4.78, 5) is 16.2. The molecule has 1 heterocycles. The van der Waals surface area contributed by atoms with Crippen molar-refractivity contribution in [2.75, 3.05) is 6.54 Å². The summed E-state index contributed by atoms with van der Waals surface area (Å²) in [5, 5.41) is 3.16. The van der Waals surface area contributed by atoms with Crippen LogP contribution in [0.3, 0.4) is 0 Å². The van der Waals surface area contributed by atoms with E-state index in [1.807, 2.05) is 38.1 Å². The molecule has 0 radical (unpaired) electrons. The van der Waals surface area contributed by atoms with E-state index >= 15 is 0 Å². The smallest absolute Gasteiger partial charge is 0.189 e. The molecule has 0 unspecified atom stereocenters. The van der Waals surface area contributed by atoms with Gasteiger partial charge in [-0.15, -0.1) is 0 Å². The van der Waals surface area contributed by atoms with E-state index in [4.69, 9.17) is 0 Å². The summed E-state index contributed by atoms with van der Waals surface area (Å²) in [6, 6.07) is 7.55. The van der Waals surface area contributed by atoms with Gasteiger partial charge < -0.3 is 5.32 Å². The van der Waals surface area contributed by atoms with Crippen LogP contribution in [0.4, 0.5) is 0 Å². The van der Waals surface area contributed by atoms with E-state index in [0.29, 0.717) is 5.56 Å². The van der Waals surface area contributed by atoms with Gasteiger partial charge in [-0.1, -0.05) is 29.8 Å². The molecule has 4 heteroatoms. The average molecular weight is 255 g/mol. The summed E-state index contributed by atoms with van der Waals surface area (Å²) in [7, 11) is 0. The summed E-state index contributed by atoms with van der Waals surface area (Å²) in [6.45, 7) is 4.73. The maximum Gasteiger partial charge on any atom is 0.189 e. The Bertz CT molecular complexity index is 568. The van der Waals surface area contributed by atoms with E-state index in [-0.39, 0.29) is 5.78 Å². The molecule has 98 valence electrons. The fourth-order valence-electron chi connectivity index (χ4n) is 1.72. The van der Waals surface area contributed by atoms with Gasteiger partial charge in [0.1, 0.15) is 12.1 Å². The van der Waals surface area contributed by atoms with Crippen LogP contribution in [0.15, 0.2) is 49.1 Å². The maximum absolute atomic E-state index is 12.2. The van der Waals surface area contributed by atoms with E-state index in [1.54, 1.807) is 29.4 Å². The number of aryl methyl sites for hydroxylation is 1. The lowest BCUT2D eigenvalue weighted by molar-refractivity contribution is 0.104. The number of carbonyl (C=O) groups is 1. The van der Waals surface area contributed by atoms with Gasteiger partial charge in [-0.25, -0.2) is 4.98 Å². The minimum atomic E-state index is -0.0235. The van der Waals surface area contributed by atoms with Crippen molar-refractivity contribution in [3.8, 4) is 0 Å². The summed E-state index contributed by atoms with van der Waals surface area (Å²) in [5.74, 6) is 0.704.